The van der Waals surface area contributed by atoms with E-state index in [1.54, 1.807) is 32.4 Å². The van der Waals surface area contributed by atoms with Gasteiger partial charge in [-0.2, -0.15) is 5.10 Å². The van der Waals surface area contributed by atoms with Crippen LogP contribution < -0.4 is 11.1 Å². The molecule has 0 saturated heterocycles. The maximum atomic E-state index is 13.0. The van der Waals surface area contributed by atoms with Gasteiger partial charge in [0.25, 0.3) is 5.91 Å². The first-order chi connectivity index (χ1) is 13.1. The Morgan fingerprint density at radius 3 is 2.39 bits per heavy atom. The van der Waals surface area contributed by atoms with Crippen molar-refractivity contribution in [2.24, 2.45) is 5.73 Å². The lowest BCUT2D eigenvalue weighted by molar-refractivity contribution is -0.119. The molecule has 0 fully saturated rings. The maximum absolute atomic E-state index is 13.0. The number of hydrogen-bond acceptors (Lipinski definition) is 6. The molecule has 152 valence electrons. The number of rotatable bonds is 7. The Morgan fingerprint density at radius 1 is 1.29 bits per heavy atom. The minimum atomic E-state index is -0.675. The minimum Gasteiger partial charge on any atom is -0.462 e. The van der Waals surface area contributed by atoms with E-state index in [1.165, 1.54) is 0 Å². The molecule has 0 spiro atoms. The van der Waals surface area contributed by atoms with Crippen molar-refractivity contribution in [1.29, 1.82) is 0 Å². The molecular weight excluding hydrogens is 404 g/mol. The molecule has 28 heavy (non-hydrogen) atoms. The summed E-state index contributed by atoms with van der Waals surface area (Å²) in [6, 6.07) is -0.638. The van der Waals surface area contributed by atoms with Gasteiger partial charge in [0.05, 0.1) is 33.5 Å². The molecule has 0 saturated carbocycles. The predicted molar refractivity (Wildman–Crippen MR) is 108 cm³/mol. The van der Waals surface area contributed by atoms with E-state index in [9.17, 15) is 14.4 Å². The molecule has 0 aliphatic rings. The van der Waals surface area contributed by atoms with Crippen LogP contribution in [0.1, 0.15) is 63.3 Å². The average molecular weight is 427 g/mol. The summed E-state index contributed by atoms with van der Waals surface area (Å²) in [5.74, 6) is -1.68. The van der Waals surface area contributed by atoms with Crippen molar-refractivity contribution in [3.63, 3.8) is 0 Å². The highest BCUT2D eigenvalue weighted by atomic mass is 35.5. The van der Waals surface area contributed by atoms with Gasteiger partial charge >= 0.3 is 5.97 Å². The molecule has 8 nitrogen and oxygen atoms in total. The fourth-order valence-corrected chi connectivity index (χ4v) is 4.07. The van der Waals surface area contributed by atoms with Crippen molar-refractivity contribution in [2.45, 2.75) is 47.1 Å². The second kappa shape index (κ2) is 8.74. The van der Waals surface area contributed by atoms with Crippen molar-refractivity contribution < 1.29 is 19.1 Å². The van der Waals surface area contributed by atoms with Gasteiger partial charge in [0.1, 0.15) is 11.0 Å². The number of halogens is 1. The molecule has 3 N–H and O–H groups in total. The zero-order chi connectivity index (χ0) is 21.2. The Hall–Kier alpha value is -2.39. The van der Waals surface area contributed by atoms with Crippen LogP contribution in [-0.2, 0) is 9.53 Å². The van der Waals surface area contributed by atoms with Crippen LogP contribution in [0.5, 0.6) is 0 Å². The van der Waals surface area contributed by atoms with Crippen molar-refractivity contribution in [3.8, 4) is 0 Å². The lowest BCUT2D eigenvalue weighted by Crippen LogP contribution is -2.27. The number of esters is 1. The Balaban J connectivity index is 2.43. The first-order valence-electron chi connectivity index (χ1n) is 8.76. The van der Waals surface area contributed by atoms with Crippen LogP contribution in [0, 0.1) is 20.8 Å². The number of nitrogens with zero attached hydrogens (tertiary/aromatic N) is 2. The largest absolute Gasteiger partial charge is 0.462 e. The molecule has 2 amide bonds. The van der Waals surface area contributed by atoms with Gasteiger partial charge in [0.15, 0.2) is 0 Å². The van der Waals surface area contributed by atoms with Crippen LogP contribution in [0.15, 0.2) is 0 Å². The van der Waals surface area contributed by atoms with Crippen LogP contribution in [0.3, 0.4) is 0 Å². The molecule has 0 aliphatic carbocycles. The Morgan fingerprint density at radius 2 is 1.93 bits per heavy atom. The van der Waals surface area contributed by atoms with Gasteiger partial charge in [0.2, 0.25) is 5.91 Å². The summed E-state index contributed by atoms with van der Waals surface area (Å²) in [5, 5.41) is 7.81. The van der Waals surface area contributed by atoms with Gasteiger partial charge < -0.3 is 15.8 Å². The number of aryl methyl sites for hydroxylation is 1. The highest BCUT2D eigenvalue weighted by Gasteiger charge is 2.29. The smallest absolute Gasteiger partial charge is 0.341 e. The van der Waals surface area contributed by atoms with Gasteiger partial charge in [-0.05, 0) is 39.7 Å². The number of aromatic nitrogens is 2. The Kier molecular flexibility index (Phi) is 6.84. The highest BCUT2D eigenvalue weighted by molar-refractivity contribution is 7.18. The van der Waals surface area contributed by atoms with E-state index in [1.807, 2.05) is 6.92 Å². The molecule has 0 bridgehead atoms. The van der Waals surface area contributed by atoms with Crippen LogP contribution in [0.25, 0.3) is 0 Å². The number of amides is 2. The van der Waals surface area contributed by atoms with Crippen LogP contribution in [-0.4, -0.2) is 34.2 Å². The summed E-state index contributed by atoms with van der Waals surface area (Å²) < 4.78 is 6.63. The quantitative estimate of drug-likeness (QED) is 0.658. The molecule has 2 aromatic rings. The van der Waals surface area contributed by atoms with Crippen molar-refractivity contribution in [1.82, 2.24) is 9.78 Å². The number of anilines is 1. The molecule has 1 unspecified atom stereocenters. The van der Waals surface area contributed by atoms with Gasteiger partial charge in [-0.15, -0.1) is 11.3 Å². The molecule has 2 heterocycles. The first-order valence-corrected chi connectivity index (χ1v) is 9.95. The van der Waals surface area contributed by atoms with E-state index in [2.05, 4.69) is 10.4 Å². The second-order valence-corrected chi connectivity index (χ2v) is 7.59. The first kappa shape index (κ1) is 21.9. The van der Waals surface area contributed by atoms with Crippen LogP contribution >= 0.6 is 22.9 Å². The summed E-state index contributed by atoms with van der Waals surface area (Å²) in [6.07, 6.45) is 0.450. The second-order valence-electron chi connectivity index (χ2n) is 6.19. The molecule has 0 aliphatic heterocycles. The van der Waals surface area contributed by atoms with E-state index >= 15 is 0 Å². The number of thiophene rings is 1. The van der Waals surface area contributed by atoms with Gasteiger partial charge in [0, 0.05) is 0 Å². The molecule has 1 atom stereocenters. The number of ether oxygens (including phenoxy) is 1. The number of carbonyl (C=O) groups excluding carboxylic acids is 3. The summed E-state index contributed by atoms with van der Waals surface area (Å²) in [4.78, 5) is 37.2. The summed E-state index contributed by atoms with van der Waals surface area (Å²) in [6.45, 7) is 8.81. The van der Waals surface area contributed by atoms with E-state index in [-0.39, 0.29) is 28.0 Å². The third-order valence-electron chi connectivity index (χ3n) is 4.31. The third-order valence-corrected chi connectivity index (χ3v) is 6.08. The fourth-order valence-electron chi connectivity index (χ4n) is 2.90. The normalized spacial score (nSPS) is 11.9. The molecule has 2 rings (SSSR count). The minimum absolute atomic E-state index is 0.134. The number of nitrogens with one attached hydrogen (secondary N) is 1. The van der Waals surface area contributed by atoms with Crippen LogP contribution in [0.2, 0.25) is 5.02 Å². The number of hydrogen-bond donors (Lipinski definition) is 2. The van der Waals surface area contributed by atoms with E-state index in [0.717, 1.165) is 11.3 Å². The maximum Gasteiger partial charge on any atom is 0.341 e. The number of carbonyl (C=O) groups is 3. The lowest BCUT2D eigenvalue weighted by Gasteiger charge is -2.17. The van der Waals surface area contributed by atoms with Crippen molar-refractivity contribution in [2.75, 3.05) is 11.9 Å². The van der Waals surface area contributed by atoms with Crippen molar-refractivity contribution in [3.05, 3.63) is 32.4 Å². The average Bonchev–Trinajstić information content (AvgIpc) is 3.08. The van der Waals surface area contributed by atoms with Gasteiger partial charge in [-0.25, -0.2) is 4.79 Å². The van der Waals surface area contributed by atoms with Gasteiger partial charge in [-0.1, -0.05) is 18.5 Å². The topological polar surface area (TPSA) is 116 Å². The van der Waals surface area contributed by atoms with E-state index in [4.69, 9.17) is 22.1 Å². The van der Waals surface area contributed by atoms with Gasteiger partial charge in [-0.3, -0.25) is 14.3 Å². The Labute approximate surface area is 172 Å². The number of primary amides is 1. The zero-order valence-corrected chi connectivity index (χ0v) is 18.0. The third kappa shape index (κ3) is 4.05. The monoisotopic (exact) mass is 426 g/mol. The summed E-state index contributed by atoms with van der Waals surface area (Å²) in [7, 11) is 0. The molecule has 0 radical (unpaired) electrons. The number of nitrogens with two attached hydrogens (primary N) is 1. The van der Waals surface area contributed by atoms with E-state index in [0.29, 0.717) is 28.4 Å². The summed E-state index contributed by atoms with van der Waals surface area (Å²) >= 11 is 7.15. The summed E-state index contributed by atoms with van der Waals surface area (Å²) in [5.41, 5.74) is 7.21. The molecule has 0 aromatic carbocycles. The zero-order valence-electron chi connectivity index (χ0n) is 16.4. The Bertz CT molecular complexity index is 935. The molecule has 2 aromatic heterocycles. The predicted octanol–water partition coefficient (Wildman–Crippen LogP) is 3.39. The molecule has 10 heteroatoms. The SMILES string of the molecule is CCOC(=O)c1c(NC(=O)C(CC)n2nc(C)c(Cl)c2C)sc(C(N)=O)c1C. The van der Waals surface area contributed by atoms with Crippen LogP contribution in [0.4, 0.5) is 5.00 Å². The van der Waals surface area contributed by atoms with E-state index < -0.39 is 17.9 Å². The fraction of sp³-hybridized carbons (Fsp3) is 0.444. The van der Waals surface area contributed by atoms with Crippen molar-refractivity contribution >= 4 is 45.7 Å². The highest BCUT2D eigenvalue weighted by Crippen LogP contribution is 2.34. The lowest BCUT2D eigenvalue weighted by atomic mass is 10.1. The standard InChI is InChI=1S/C18H23ClN4O4S/c1-6-11(23-10(5)13(19)9(4)22-23)16(25)21-17-12(18(26)27-7-2)8(3)14(28-17)15(20)24/h11H,6-7H2,1-5H3,(H2,20,24)(H,21,25). The molecular formula is C18H23ClN4O4S.